The van der Waals surface area contributed by atoms with Crippen molar-refractivity contribution in [1.82, 2.24) is 0 Å². The summed E-state index contributed by atoms with van der Waals surface area (Å²) in [4.78, 5) is 0. The molecule has 15 heavy (non-hydrogen) atoms. The predicted octanol–water partition coefficient (Wildman–Crippen LogP) is 3.81. The molecule has 0 spiro atoms. The Morgan fingerprint density at radius 3 is 2.60 bits per heavy atom. The first-order chi connectivity index (χ1) is 7.11. The lowest BCUT2D eigenvalue weighted by atomic mass is 9.89. The molecule has 0 aliphatic heterocycles. The lowest BCUT2D eigenvalue weighted by Crippen LogP contribution is -2.00. The van der Waals surface area contributed by atoms with E-state index in [1.807, 2.05) is 25.1 Å². The van der Waals surface area contributed by atoms with Gasteiger partial charge in [0.05, 0.1) is 11.6 Å². The first-order valence-electron chi connectivity index (χ1n) is 5.11. The summed E-state index contributed by atoms with van der Waals surface area (Å²) in [5, 5.41) is 9.19. The predicted molar refractivity (Wildman–Crippen MR) is 63.5 cm³/mol. The highest BCUT2D eigenvalue weighted by atomic mass is 14.3. The number of benzene rings is 1. The smallest absolute Gasteiger partial charge is 0.0997 e. The van der Waals surface area contributed by atoms with Crippen LogP contribution in [0.3, 0.4) is 0 Å². The maximum atomic E-state index is 9.19. The Bertz CT molecular complexity index is 396. The number of allylic oxidation sites excluding steroid dienone is 1. The summed E-state index contributed by atoms with van der Waals surface area (Å²) in [6, 6.07) is 8.28. The number of rotatable bonds is 3. The van der Waals surface area contributed by atoms with Crippen molar-refractivity contribution in [3.8, 4) is 6.07 Å². The third-order valence-electron chi connectivity index (χ3n) is 2.56. The quantitative estimate of drug-likeness (QED) is 0.724. The van der Waals surface area contributed by atoms with Crippen molar-refractivity contribution < 1.29 is 0 Å². The number of hydrogen-bond acceptors (Lipinski definition) is 1. The zero-order chi connectivity index (χ0) is 11.4. The van der Waals surface area contributed by atoms with Gasteiger partial charge in [-0.2, -0.15) is 5.26 Å². The molecule has 0 heterocycles. The van der Waals surface area contributed by atoms with Crippen LogP contribution in [0.15, 0.2) is 30.9 Å². The molecule has 1 radical (unpaired) electrons. The Morgan fingerprint density at radius 1 is 1.47 bits per heavy atom. The van der Waals surface area contributed by atoms with Gasteiger partial charge >= 0.3 is 0 Å². The molecule has 0 unspecified atom stereocenters. The average molecular weight is 198 g/mol. The summed E-state index contributed by atoms with van der Waals surface area (Å²) in [7, 11) is 0. The van der Waals surface area contributed by atoms with Crippen LogP contribution in [0, 0.1) is 17.2 Å². The summed E-state index contributed by atoms with van der Waals surface area (Å²) >= 11 is 0. The van der Waals surface area contributed by atoms with Gasteiger partial charge in [-0.1, -0.05) is 45.0 Å². The summed E-state index contributed by atoms with van der Waals surface area (Å²) in [6.45, 7) is 9.92. The van der Waals surface area contributed by atoms with Crippen molar-refractivity contribution in [3.63, 3.8) is 0 Å². The van der Waals surface area contributed by atoms with Gasteiger partial charge in [0.2, 0.25) is 0 Å². The summed E-state index contributed by atoms with van der Waals surface area (Å²) in [5.74, 6) is 1.42. The third kappa shape index (κ3) is 2.27. The molecule has 1 aromatic carbocycles. The Labute approximate surface area is 92.1 Å². The number of nitriles is 1. The van der Waals surface area contributed by atoms with Gasteiger partial charge in [0.15, 0.2) is 0 Å². The van der Waals surface area contributed by atoms with Crippen LogP contribution in [0.25, 0.3) is 0 Å². The minimum Gasteiger partial charge on any atom is -0.192 e. The standard InChI is InChI=1S/C14H16N/c1-5-11(4)13-8-6-7-12(10(2)3)14(13)9-15/h5-8,10H,1H2,2-4H3. The van der Waals surface area contributed by atoms with E-state index in [0.29, 0.717) is 5.92 Å². The minimum atomic E-state index is 0.372. The molecule has 0 atom stereocenters. The van der Waals surface area contributed by atoms with Crippen molar-refractivity contribution in [2.24, 2.45) is 0 Å². The second-order valence-corrected chi connectivity index (χ2v) is 3.92. The lowest BCUT2D eigenvalue weighted by Gasteiger charge is -2.14. The van der Waals surface area contributed by atoms with E-state index >= 15 is 0 Å². The minimum absolute atomic E-state index is 0.372. The lowest BCUT2D eigenvalue weighted by molar-refractivity contribution is 0.859. The van der Waals surface area contributed by atoms with Gasteiger partial charge in [0, 0.05) is 5.92 Å². The monoisotopic (exact) mass is 198 g/mol. The van der Waals surface area contributed by atoms with E-state index in [-0.39, 0.29) is 0 Å². The summed E-state index contributed by atoms with van der Waals surface area (Å²) < 4.78 is 0. The molecule has 0 saturated heterocycles. The molecule has 0 amide bonds. The normalized spacial score (nSPS) is 10.4. The first kappa shape index (κ1) is 11.5. The molecule has 77 valence electrons. The van der Waals surface area contributed by atoms with Crippen LogP contribution >= 0.6 is 0 Å². The molecule has 1 aromatic rings. The number of nitrogens with zero attached hydrogens (tertiary/aromatic N) is 1. The van der Waals surface area contributed by atoms with E-state index in [1.165, 1.54) is 0 Å². The SMILES string of the molecule is C=C[C](C)c1cccc(C(C)C)c1C#N. The molecule has 0 saturated carbocycles. The molecule has 1 heteroatoms. The first-order valence-corrected chi connectivity index (χ1v) is 5.11. The van der Waals surface area contributed by atoms with E-state index in [1.54, 1.807) is 6.08 Å². The van der Waals surface area contributed by atoms with Gasteiger partial charge in [-0.15, -0.1) is 6.58 Å². The van der Waals surface area contributed by atoms with Crippen LogP contribution in [-0.2, 0) is 0 Å². The topological polar surface area (TPSA) is 23.8 Å². The van der Waals surface area contributed by atoms with Crippen LogP contribution in [0.5, 0.6) is 0 Å². The van der Waals surface area contributed by atoms with Crippen molar-refractivity contribution in [3.05, 3.63) is 53.5 Å². The largest absolute Gasteiger partial charge is 0.192 e. The third-order valence-corrected chi connectivity index (χ3v) is 2.56. The van der Waals surface area contributed by atoms with Gasteiger partial charge in [-0.3, -0.25) is 0 Å². The van der Waals surface area contributed by atoms with E-state index in [2.05, 4.69) is 26.5 Å². The summed E-state index contributed by atoms with van der Waals surface area (Å²) in [6.07, 6.45) is 1.79. The highest BCUT2D eigenvalue weighted by Gasteiger charge is 2.13. The molecular formula is C14H16N. The zero-order valence-corrected chi connectivity index (χ0v) is 9.54. The molecule has 0 aliphatic rings. The fourth-order valence-electron chi connectivity index (χ4n) is 1.61. The van der Waals surface area contributed by atoms with E-state index in [9.17, 15) is 5.26 Å². The fourth-order valence-corrected chi connectivity index (χ4v) is 1.61. The van der Waals surface area contributed by atoms with E-state index < -0.39 is 0 Å². The highest BCUT2D eigenvalue weighted by Crippen LogP contribution is 2.26. The Morgan fingerprint density at radius 2 is 2.13 bits per heavy atom. The zero-order valence-electron chi connectivity index (χ0n) is 9.54. The van der Waals surface area contributed by atoms with Crippen molar-refractivity contribution in [1.29, 1.82) is 5.26 Å². The average Bonchev–Trinajstić information content (AvgIpc) is 2.26. The van der Waals surface area contributed by atoms with Crippen LogP contribution in [-0.4, -0.2) is 0 Å². The molecule has 1 nitrogen and oxygen atoms in total. The van der Waals surface area contributed by atoms with Crippen molar-refractivity contribution in [2.45, 2.75) is 26.7 Å². The maximum absolute atomic E-state index is 9.19. The van der Waals surface area contributed by atoms with Gasteiger partial charge in [-0.05, 0) is 17.0 Å². The van der Waals surface area contributed by atoms with Crippen molar-refractivity contribution in [2.75, 3.05) is 0 Å². The fraction of sp³-hybridized carbons (Fsp3) is 0.286. The Balaban J connectivity index is 3.36. The van der Waals surface area contributed by atoms with Gasteiger partial charge < -0.3 is 0 Å². The molecular weight excluding hydrogens is 182 g/mol. The Hall–Kier alpha value is -1.55. The second kappa shape index (κ2) is 4.79. The van der Waals surface area contributed by atoms with Crippen LogP contribution in [0.1, 0.15) is 43.4 Å². The van der Waals surface area contributed by atoms with E-state index in [4.69, 9.17) is 0 Å². The summed E-state index contributed by atoms with van der Waals surface area (Å²) in [5.41, 5.74) is 2.89. The van der Waals surface area contributed by atoms with Gasteiger partial charge in [-0.25, -0.2) is 0 Å². The van der Waals surface area contributed by atoms with Gasteiger partial charge in [0.25, 0.3) is 0 Å². The Kier molecular flexibility index (Phi) is 3.68. The molecule has 1 rings (SSSR count). The molecule has 0 aliphatic carbocycles. The second-order valence-electron chi connectivity index (χ2n) is 3.92. The molecule has 0 fully saturated rings. The molecule has 0 N–H and O–H groups in total. The van der Waals surface area contributed by atoms with E-state index in [0.717, 1.165) is 22.6 Å². The molecule has 0 bridgehead atoms. The number of hydrogen-bond donors (Lipinski definition) is 0. The van der Waals surface area contributed by atoms with Crippen LogP contribution < -0.4 is 0 Å². The van der Waals surface area contributed by atoms with Crippen LogP contribution in [0.2, 0.25) is 0 Å². The van der Waals surface area contributed by atoms with Crippen molar-refractivity contribution >= 4 is 0 Å². The highest BCUT2D eigenvalue weighted by molar-refractivity contribution is 5.53. The maximum Gasteiger partial charge on any atom is 0.0997 e. The molecule has 0 aromatic heterocycles. The van der Waals surface area contributed by atoms with Crippen LogP contribution in [0.4, 0.5) is 0 Å². The van der Waals surface area contributed by atoms with Gasteiger partial charge in [0.1, 0.15) is 0 Å².